The van der Waals surface area contributed by atoms with Crippen molar-refractivity contribution in [3.05, 3.63) is 167 Å². The zero-order valence-electron chi connectivity index (χ0n) is 67.6. The van der Waals surface area contributed by atoms with Crippen molar-refractivity contribution in [1.29, 1.82) is 0 Å². The molecule has 2 aliphatic rings. The molecular weight excluding hydrogens is 1930 g/mol. The van der Waals surface area contributed by atoms with Crippen LogP contribution < -0.4 is 75.3 Å². The molecule has 0 atom stereocenters. The Morgan fingerprint density at radius 2 is 1.02 bits per heavy atom. The molecule has 0 bridgehead atoms. The second-order valence-electron chi connectivity index (χ2n) is 23.9. The van der Waals surface area contributed by atoms with Crippen LogP contribution >= 0.6 is 63.7 Å². The fourth-order valence-corrected chi connectivity index (χ4v) is 12.2. The number of ether oxygens (including phenoxy) is 8. The molecule has 48 heteroatoms. The molecule has 9 heterocycles. The number of amides is 1. The molecule has 0 spiro atoms. The van der Waals surface area contributed by atoms with E-state index in [9.17, 15) is 72.3 Å². The predicted octanol–water partition coefficient (Wildman–Crippen LogP) is 9.04. The monoisotopic (exact) mass is 2010 g/mol. The van der Waals surface area contributed by atoms with Gasteiger partial charge in [-0.1, -0.05) is 52.0 Å². The van der Waals surface area contributed by atoms with Crippen LogP contribution in [0.15, 0.2) is 132 Å². The smallest absolute Gasteiger partial charge is 0.870 e. The van der Waals surface area contributed by atoms with Crippen LogP contribution in [0.3, 0.4) is 0 Å². The number of carboxylic acid groups (broad SMARTS) is 1. The number of benzene rings is 2. The number of ketones is 1. The number of nitrogens with two attached hydrogens (primary N) is 2. The Balaban J connectivity index is 0.000000394. The van der Waals surface area contributed by atoms with Crippen LogP contribution in [0.5, 0.6) is 23.0 Å². The quantitative estimate of drug-likeness (QED) is 0.0161. The maximum absolute atomic E-state index is 13.0. The van der Waals surface area contributed by atoms with E-state index in [0.717, 1.165) is 53.5 Å². The van der Waals surface area contributed by atoms with Crippen molar-refractivity contribution in [2.75, 3.05) is 97.8 Å². The number of hydrogen-bond donors (Lipinski definition) is 4. The van der Waals surface area contributed by atoms with Crippen molar-refractivity contribution >= 4 is 160 Å². The number of methoxy groups -OCH3 is 6. The number of aromatic nitrogens is 7. The third-order valence-electron chi connectivity index (χ3n) is 16.2. The summed E-state index contributed by atoms with van der Waals surface area (Å²) in [5.74, 6) is 1.29. The largest absolute Gasteiger partial charge is 1.00 e. The fraction of sp³-hybridized carbons (Fsp3) is 0.384. The van der Waals surface area contributed by atoms with Gasteiger partial charge in [0.15, 0.2) is 12.5 Å². The number of aromatic carboxylic acids is 1. The summed E-state index contributed by atoms with van der Waals surface area (Å²) in [5, 5.41) is 22.5. The summed E-state index contributed by atoms with van der Waals surface area (Å²) in [4.78, 5) is 74.2. The number of sulfonamides is 2. The Hall–Kier alpha value is -9.33. The van der Waals surface area contributed by atoms with Crippen LogP contribution in [0.2, 0.25) is 0 Å². The van der Waals surface area contributed by atoms with Gasteiger partial charge in [0.2, 0.25) is 5.78 Å². The molecule has 121 heavy (non-hydrogen) atoms. The zero-order chi connectivity index (χ0) is 88.9. The number of halogens is 10. The number of alkyl halides is 10. The van der Waals surface area contributed by atoms with E-state index < -0.39 is 68.1 Å². The Bertz CT molecular complexity index is 5210. The van der Waals surface area contributed by atoms with Gasteiger partial charge in [-0.3, -0.25) is 33.2 Å². The van der Waals surface area contributed by atoms with Crippen molar-refractivity contribution in [3.63, 3.8) is 0 Å². The van der Waals surface area contributed by atoms with E-state index in [2.05, 4.69) is 104 Å². The summed E-state index contributed by atoms with van der Waals surface area (Å²) in [6, 6.07) is 24.9. The molecule has 658 valence electrons. The van der Waals surface area contributed by atoms with E-state index in [0.29, 0.717) is 108 Å². The molecule has 7 aromatic heterocycles. The molecule has 0 radical (unpaired) electrons. The number of amidine groups is 2. The minimum Gasteiger partial charge on any atom is -0.870 e. The minimum absolute atomic E-state index is 0. The van der Waals surface area contributed by atoms with Crippen LogP contribution in [0.4, 0.5) is 43.5 Å². The van der Waals surface area contributed by atoms with Gasteiger partial charge >= 0.3 is 90.6 Å². The molecular formula is C73H89Br4F6N16NaO19S2. The fourth-order valence-electron chi connectivity index (χ4n) is 10.4. The first kappa shape index (κ1) is 106. The number of esters is 2. The summed E-state index contributed by atoms with van der Waals surface area (Å²) in [6.07, 6.45) is 10.4. The van der Waals surface area contributed by atoms with Crippen molar-refractivity contribution in [2.45, 2.75) is 98.8 Å². The Morgan fingerprint density at radius 3 is 1.45 bits per heavy atom. The minimum atomic E-state index is -5.64. The molecule has 2 aliphatic heterocycles. The van der Waals surface area contributed by atoms with Crippen LogP contribution in [0.25, 0.3) is 16.9 Å². The molecule has 9 aromatic rings. The zero-order valence-corrected chi connectivity index (χ0v) is 77.6. The number of pyridine rings is 3. The molecule has 0 aliphatic carbocycles. The van der Waals surface area contributed by atoms with Gasteiger partial charge in [0.25, 0.3) is 5.91 Å². The van der Waals surface area contributed by atoms with E-state index in [-0.39, 0.29) is 88.4 Å². The molecule has 0 saturated heterocycles. The molecule has 1 amide bonds. The summed E-state index contributed by atoms with van der Waals surface area (Å²) in [7, 11) is -2.86. The molecule has 0 fully saturated rings. The Kier molecular flexibility index (Phi) is 42.9. The van der Waals surface area contributed by atoms with Gasteiger partial charge in [-0.15, -0.1) is 10.2 Å². The maximum atomic E-state index is 13.0. The van der Waals surface area contributed by atoms with Crippen LogP contribution in [0.1, 0.15) is 114 Å². The summed E-state index contributed by atoms with van der Waals surface area (Å²) >= 11 is 12.5. The van der Waals surface area contributed by atoms with Gasteiger partial charge in [0, 0.05) is 25.0 Å². The van der Waals surface area contributed by atoms with Crippen LogP contribution in [-0.2, 0) is 80.9 Å². The van der Waals surface area contributed by atoms with Gasteiger partial charge in [-0.05, 0) is 180 Å². The van der Waals surface area contributed by atoms with Crippen molar-refractivity contribution in [1.82, 2.24) is 47.1 Å². The topological polar surface area (TPSA) is 444 Å². The number of nitrogens with zero attached hydrogens (tertiary/aromatic N) is 13. The molecule has 7 N–H and O–H groups in total. The number of carboxylic acids is 1. The number of nitrogen functional groups attached to an aromatic ring is 1. The van der Waals surface area contributed by atoms with Crippen molar-refractivity contribution < 1.29 is 145 Å². The average Bonchev–Trinajstić information content (AvgIpc) is 1.76. The van der Waals surface area contributed by atoms with Crippen LogP contribution in [0, 0.1) is 0 Å². The van der Waals surface area contributed by atoms with E-state index in [1.807, 2.05) is 51.1 Å². The number of rotatable bonds is 22. The predicted molar refractivity (Wildman–Crippen MR) is 447 cm³/mol. The number of hydrogen-bond acceptors (Lipinski definition) is 28. The standard InChI is InChI=1S/C22H24F3N7O5S.C13H16N2O3.C12H15F3N4O3S.C12H13NO3.C7H12O3.C6H8N2O.CBr4.Na.H2O/c1-4-17-18(30-13-16(36-2)12-27-20(30)28-17)19(33)26-11-14-5-7-15(8-6-14)31-9-10-32(21(29-31)37-3)38(34,35)22(23,24)25;1-4-10-12(13(16)18-5-2)15-8-9(17-3)6-7-11(15)14-10;1-22-11-17-18(10-4-2-9(8-16)3-5-10)6-7-19(11)23(20,21)12(13,14)15;1-3-8-6-9-4-5-10(16-2)7-13(9)11(8)12(14)15;1-3-6(8)5-7(9)10-4-2;1-9-5-2-3-6(7)8-4-5;2-1(3,4)5;;/h5-8,12-13H,4,9-11H2,1-3H3,(H,26,33);6-8H,4-5H2,1-3H3;2-5H,6-8,16H2,1H3;4-7H,3H2,1-2H3,(H,14,15);3-5H2,1-2H3;2-4H,1H3,(H2,7,8);;;1H2/q;;;;;;;+1;/p-1. The summed E-state index contributed by atoms with van der Waals surface area (Å²) in [5.41, 5.74) is 7.47. The first-order chi connectivity index (χ1) is 56.1. The molecule has 0 unspecified atom stereocenters. The van der Waals surface area contributed by atoms with Gasteiger partial charge in [-0.25, -0.2) is 38.1 Å². The van der Waals surface area contributed by atoms with E-state index in [1.54, 1.807) is 141 Å². The number of carbonyl (C=O) groups is 5. The van der Waals surface area contributed by atoms with Crippen molar-refractivity contribution in [2.24, 2.45) is 15.9 Å². The maximum Gasteiger partial charge on any atom is 1.00 e. The average molecular weight is 2020 g/mol. The SMILES string of the molecule is BrC(Br)(Br)Br.CCOC(=O)CC(=O)CC.CCOC(=O)c1c(CC)nc2ccc(OC)cn12.CCc1cc2ccc(OC)cn2c1C(=O)O.CCc1nc2ncc(OC)cn2c1C(=O)NCc1ccc(N2CCN(S(=O)(=O)C(F)(F)F)C(OC)=N2)cc1.COC1=NN(c2ccc(CN)cc2)CCN1S(=O)(=O)C(F)(F)F.COc1ccc(N)nc1.[Na+].[OH-]. The Morgan fingerprint density at radius 1 is 0.554 bits per heavy atom. The summed E-state index contributed by atoms with van der Waals surface area (Å²) < 4.78 is 168. The molecule has 2 aromatic carbocycles. The molecule has 11 rings (SSSR count). The van der Waals surface area contributed by atoms with Gasteiger partial charge in [0.05, 0.1) is 136 Å². The first-order valence-electron chi connectivity index (χ1n) is 35.5. The Labute approximate surface area is 748 Å². The van der Waals surface area contributed by atoms with E-state index in [1.165, 1.54) is 23.3 Å². The van der Waals surface area contributed by atoms with E-state index in [4.69, 9.17) is 44.6 Å². The van der Waals surface area contributed by atoms with E-state index >= 15 is 0 Å². The number of aryl methyl sites for hydroxylation is 3. The molecule has 35 nitrogen and oxygen atoms in total. The normalized spacial score (nSPS) is 12.5. The summed E-state index contributed by atoms with van der Waals surface area (Å²) in [6.45, 7) is 11.1. The van der Waals surface area contributed by atoms with Gasteiger partial charge in [0.1, 0.15) is 52.3 Å². The number of fused-ring (bicyclic) bond motifs is 3. The third-order valence-corrected chi connectivity index (χ3v) is 19.3. The second-order valence-corrected chi connectivity index (χ2v) is 38.7. The number of carbonyl (C=O) groups excluding carboxylic acids is 4. The second kappa shape index (κ2) is 49.1. The van der Waals surface area contributed by atoms with Crippen molar-refractivity contribution in [3.8, 4) is 23.0 Å². The van der Waals surface area contributed by atoms with Gasteiger partial charge in [-0.2, -0.15) is 43.2 Å². The van der Waals surface area contributed by atoms with Gasteiger partial charge < -0.3 is 69.7 Å². The number of imidazole rings is 2. The number of anilines is 3. The first-order valence-corrected chi connectivity index (χ1v) is 41.5. The van der Waals surface area contributed by atoms with Crippen LogP contribution in [-0.4, -0.2) is 205 Å². The molecule has 0 saturated carbocycles. The number of hydrazone groups is 2. The third kappa shape index (κ3) is 30.0. The number of nitrogens with one attached hydrogen (secondary N) is 1. The number of Topliss-reactive ketones (excluding diaryl/α,β-unsaturated/α-hetero) is 1.